The van der Waals surface area contributed by atoms with Crippen molar-refractivity contribution in [2.75, 3.05) is 5.32 Å². The molecule has 0 radical (unpaired) electrons. The van der Waals surface area contributed by atoms with Crippen LogP contribution in [-0.4, -0.2) is 44.4 Å². The van der Waals surface area contributed by atoms with Gasteiger partial charge in [0.2, 0.25) is 11.8 Å². The van der Waals surface area contributed by atoms with Crippen LogP contribution < -0.4 is 16.0 Å². The van der Waals surface area contributed by atoms with E-state index >= 15 is 0 Å². The number of amides is 4. The highest BCUT2D eigenvalue weighted by Gasteiger charge is 2.44. The maximum absolute atomic E-state index is 12.9. The number of benzene rings is 1. The van der Waals surface area contributed by atoms with Crippen molar-refractivity contribution >= 4 is 29.4 Å². The molecule has 1 saturated heterocycles. The van der Waals surface area contributed by atoms with Gasteiger partial charge in [0.15, 0.2) is 5.82 Å². The molecule has 2 aromatic rings. The summed E-state index contributed by atoms with van der Waals surface area (Å²) in [5.41, 5.74) is 3.65. The lowest BCUT2D eigenvalue weighted by molar-refractivity contribution is -0.136. The lowest BCUT2D eigenvalue weighted by atomic mass is 10.0. The average Bonchev–Trinajstić information content (AvgIpc) is 3.38. The Hall–Kier alpha value is -3.53. The minimum atomic E-state index is -0.958. The molecule has 1 fully saturated rings. The van der Waals surface area contributed by atoms with Crippen LogP contribution in [0.4, 0.5) is 5.82 Å². The summed E-state index contributed by atoms with van der Waals surface area (Å²) in [6.45, 7) is 1.98. The highest BCUT2D eigenvalue weighted by Crippen LogP contribution is 2.29. The van der Waals surface area contributed by atoms with Gasteiger partial charge in [0, 0.05) is 38.7 Å². The van der Waals surface area contributed by atoms with Gasteiger partial charge in [-0.2, -0.15) is 5.10 Å². The molecule has 3 aliphatic rings. The first-order valence-electron chi connectivity index (χ1n) is 9.78. The number of carbonyl (C=O) groups is 4. The number of hydrogen-bond donors (Lipinski definition) is 3. The fraction of sp³-hybridized carbons (Fsp3) is 0.350. The van der Waals surface area contributed by atoms with Gasteiger partial charge in [-0.3, -0.25) is 34.1 Å². The van der Waals surface area contributed by atoms with Crippen LogP contribution in [0.3, 0.4) is 0 Å². The molecule has 154 valence electrons. The minimum Gasteiger partial charge on any atom is -0.364 e. The van der Waals surface area contributed by atoms with Crippen LogP contribution >= 0.6 is 0 Å². The maximum Gasteiger partial charge on any atom is 0.262 e. The number of hydrogen-bond acceptors (Lipinski definition) is 7. The zero-order valence-corrected chi connectivity index (χ0v) is 16.3. The molecule has 0 spiro atoms. The fourth-order valence-corrected chi connectivity index (χ4v) is 4.27. The fourth-order valence-electron chi connectivity index (χ4n) is 4.27. The van der Waals surface area contributed by atoms with Crippen molar-refractivity contribution in [2.24, 2.45) is 7.05 Å². The monoisotopic (exact) mass is 408 g/mol. The molecule has 4 heterocycles. The Kier molecular flexibility index (Phi) is 4.17. The Balaban J connectivity index is 1.35. The molecular formula is C20H20N6O4. The van der Waals surface area contributed by atoms with Crippen LogP contribution in [0.1, 0.15) is 50.4 Å². The van der Waals surface area contributed by atoms with Crippen molar-refractivity contribution in [3.63, 3.8) is 0 Å². The van der Waals surface area contributed by atoms with Gasteiger partial charge in [-0.1, -0.05) is 6.07 Å². The van der Waals surface area contributed by atoms with Crippen molar-refractivity contribution in [3.8, 4) is 0 Å². The van der Waals surface area contributed by atoms with E-state index in [1.807, 2.05) is 11.7 Å². The van der Waals surface area contributed by atoms with Gasteiger partial charge < -0.3 is 10.6 Å². The van der Waals surface area contributed by atoms with Crippen molar-refractivity contribution in [1.82, 2.24) is 25.3 Å². The SMILES string of the molecule is Cn1nc(NCc2ccc3c(c2)C(=O)N(C2CCC(=O)NC2=O)C3=O)c2c1CNC2. The number of anilines is 1. The van der Waals surface area contributed by atoms with E-state index in [4.69, 9.17) is 0 Å². The quantitative estimate of drug-likeness (QED) is 0.610. The predicted molar refractivity (Wildman–Crippen MR) is 104 cm³/mol. The standard InChI is InChI=1S/C20H20N6O4/c1-25-15-9-21-8-13(15)17(24-25)22-7-10-2-3-11-12(6-10)20(30)26(19(11)29)14-4-5-16(27)23-18(14)28/h2-3,6,14,21H,4-5,7-9H2,1H3,(H,22,24)(H,23,27,28). The van der Waals surface area contributed by atoms with Gasteiger partial charge in [0.05, 0.1) is 16.8 Å². The first-order valence-corrected chi connectivity index (χ1v) is 9.78. The van der Waals surface area contributed by atoms with Crippen LogP contribution in [0, 0.1) is 0 Å². The number of aryl methyl sites for hydroxylation is 1. The molecule has 0 saturated carbocycles. The second-order valence-electron chi connectivity index (χ2n) is 7.68. The Morgan fingerprint density at radius 2 is 1.93 bits per heavy atom. The van der Waals surface area contributed by atoms with E-state index in [2.05, 4.69) is 21.0 Å². The van der Waals surface area contributed by atoms with Crippen LogP contribution in [0.25, 0.3) is 0 Å². The summed E-state index contributed by atoms with van der Waals surface area (Å²) >= 11 is 0. The zero-order valence-electron chi connectivity index (χ0n) is 16.3. The van der Waals surface area contributed by atoms with Crippen molar-refractivity contribution in [3.05, 3.63) is 46.1 Å². The van der Waals surface area contributed by atoms with Crippen molar-refractivity contribution in [1.29, 1.82) is 0 Å². The summed E-state index contributed by atoms with van der Waals surface area (Å²) in [5.74, 6) is -1.21. The van der Waals surface area contributed by atoms with E-state index in [0.29, 0.717) is 6.54 Å². The third kappa shape index (κ3) is 2.79. The molecule has 30 heavy (non-hydrogen) atoms. The topological polar surface area (TPSA) is 125 Å². The summed E-state index contributed by atoms with van der Waals surface area (Å²) in [6, 6.07) is 4.12. The molecule has 10 heteroatoms. The van der Waals surface area contributed by atoms with Gasteiger partial charge in [0.1, 0.15) is 6.04 Å². The molecule has 0 bridgehead atoms. The average molecular weight is 408 g/mol. The highest BCUT2D eigenvalue weighted by molar-refractivity contribution is 6.23. The first kappa shape index (κ1) is 18.5. The molecule has 5 rings (SSSR count). The second-order valence-corrected chi connectivity index (χ2v) is 7.68. The number of carbonyl (C=O) groups excluding carboxylic acids is 4. The Morgan fingerprint density at radius 1 is 1.13 bits per heavy atom. The Labute approximate surface area is 171 Å². The second kappa shape index (κ2) is 6.77. The summed E-state index contributed by atoms with van der Waals surface area (Å²) in [7, 11) is 1.90. The van der Waals surface area contributed by atoms with Crippen LogP contribution in [0.15, 0.2) is 18.2 Å². The number of fused-ring (bicyclic) bond motifs is 2. The number of piperidine rings is 1. The normalized spacial score (nSPS) is 20.4. The first-order chi connectivity index (χ1) is 14.4. The molecule has 0 aliphatic carbocycles. The molecule has 3 N–H and O–H groups in total. The van der Waals surface area contributed by atoms with E-state index in [0.717, 1.165) is 40.6 Å². The number of aromatic nitrogens is 2. The Bertz CT molecular complexity index is 1120. The van der Waals surface area contributed by atoms with Gasteiger partial charge in [-0.25, -0.2) is 0 Å². The van der Waals surface area contributed by atoms with E-state index in [1.54, 1.807) is 18.2 Å². The third-order valence-corrected chi connectivity index (χ3v) is 5.83. The summed E-state index contributed by atoms with van der Waals surface area (Å²) < 4.78 is 1.85. The maximum atomic E-state index is 12.9. The zero-order chi connectivity index (χ0) is 21.0. The number of rotatable bonds is 4. The minimum absolute atomic E-state index is 0.0994. The number of nitrogens with one attached hydrogen (secondary N) is 3. The smallest absolute Gasteiger partial charge is 0.262 e. The molecule has 1 atom stereocenters. The molecule has 4 amide bonds. The lowest BCUT2D eigenvalue weighted by Gasteiger charge is -2.27. The van der Waals surface area contributed by atoms with Crippen LogP contribution in [-0.2, 0) is 36.3 Å². The van der Waals surface area contributed by atoms with E-state index < -0.39 is 29.7 Å². The van der Waals surface area contributed by atoms with Gasteiger partial charge in [0.25, 0.3) is 11.8 Å². The molecular weight excluding hydrogens is 388 g/mol. The largest absolute Gasteiger partial charge is 0.364 e. The van der Waals surface area contributed by atoms with Gasteiger partial charge in [-0.05, 0) is 24.1 Å². The molecule has 1 unspecified atom stereocenters. The van der Waals surface area contributed by atoms with Crippen molar-refractivity contribution < 1.29 is 19.2 Å². The molecule has 1 aromatic heterocycles. The summed E-state index contributed by atoms with van der Waals surface area (Å²) in [5, 5.41) is 13.3. The lowest BCUT2D eigenvalue weighted by Crippen LogP contribution is -2.54. The highest BCUT2D eigenvalue weighted by atomic mass is 16.2. The van der Waals surface area contributed by atoms with Gasteiger partial charge in [-0.15, -0.1) is 0 Å². The van der Waals surface area contributed by atoms with E-state index in [-0.39, 0.29) is 24.0 Å². The third-order valence-electron chi connectivity index (χ3n) is 5.83. The molecule has 3 aliphatic heterocycles. The van der Waals surface area contributed by atoms with Gasteiger partial charge >= 0.3 is 0 Å². The van der Waals surface area contributed by atoms with Crippen LogP contribution in [0.5, 0.6) is 0 Å². The summed E-state index contributed by atoms with van der Waals surface area (Å²) in [4.78, 5) is 50.2. The molecule has 1 aromatic carbocycles. The van der Waals surface area contributed by atoms with E-state index in [1.165, 1.54) is 0 Å². The van der Waals surface area contributed by atoms with Crippen LogP contribution in [0.2, 0.25) is 0 Å². The van der Waals surface area contributed by atoms with E-state index in [9.17, 15) is 19.2 Å². The number of nitrogens with zero attached hydrogens (tertiary/aromatic N) is 3. The van der Waals surface area contributed by atoms with Crippen molar-refractivity contribution in [2.45, 2.75) is 38.5 Å². The summed E-state index contributed by atoms with van der Waals surface area (Å²) in [6.07, 6.45) is 0.242. The molecule has 10 nitrogen and oxygen atoms in total. The Morgan fingerprint density at radius 3 is 2.73 bits per heavy atom. The predicted octanol–water partition coefficient (Wildman–Crippen LogP) is 0.0366. The number of imide groups is 2.